The van der Waals surface area contributed by atoms with Gasteiger partial charge in [-0.25, -0.2) is 0 Å². The molecule has 0 aromatic rings. The minimum Gasteiger partial charge on any atom is -0.300 e. The molecule has 0 amide bonds. The Kier molecular flexibility index (Phi) is 6.98. The van der Waals surface area contributed by atoms with Gasteiger partial charge in [0.1, 0.15) is 11.6 Å². The Labute approximate surface area is 129 Å². The van der Waals surface area contributed by atoms with Crippen molar-refractivity contribution in [1.82, 2.24) is 0 Å². The summed E-state index contributed by atoms with van der Waals surface area (Å²) in [4.78, 5) is 35.5. The topological polar surface area (TPSA) is 51.2 Å². The van der Waals surface area contributed by atoms with Crippen LogP contribution in [-0.4, -0.2) is 17.9 Å². The van der Waals surface area contributed by atoms with Gasteiger partial charge in [0.25, 0.3) is 0 Å². The molecular formula is C18H31O3. The van der Waals surface area contributed by atoms with Gasteiger partial charge >= 0.3 is 0 Å². The first-order chi connectivity index (χ1) is 9.31. The molecule has 0 aliphatic carbocycles. The second kappa shape index (κ2) is 7.33. The average Bonchev–Trinajstić information content (AvgIpc) is 2.33. The Morgan fingerprint density at radius 1 is 1.00 bits per heavy atom. The average molecular weight is 295 g/mol. The van der Waals surface area contributed by atoms with Gasteiger partial charge in [0.2, 0.25) is 6.29 Å². The predicted octanol–water partition coefficient (Wildman–Crippen LogP) is 4.00. The molecule has 0 heterocycles. The first-order valence-corrected chi connectivity index (χ1v) is 7.76. The summed E-state index contributed by atoms with van der Waals surface area (Å²) in [5, 5.41) is 0. The Morgan fingerprint density at radius 3 is 1.86 bits per heavy atom. The Hall–Kier alpha value is -0.990. The van der Waals surface area contributed by atoms with Crippen LogP contribution in [0.5, 0.6) is 0 Å². The summed E-state index contributed by atoms with van der Waals surface area (Å²) < 4.78 is 0. The van der Waals surface area contributed by atoms with Gasteiger partial charge in [-0.1, -0.05) is 55.4 Å². The molecule has 3 atom stereocenters. The highest BCUT2D eigenvalue weighted by atomic mass is 16.1. The van der Waals surface area contributed by atoms with Gasteiger partial charge < -0.3 is 0 Å². The van der Waals surface area contributed by atoms with E-state index in [2.05, 4.69) is 0 Å². The van der Waals surface area contributed by atoms with Gasteiger partial charge in [-0.3, -0.25) is 14.4 Å². The van der Waals surface area contributed by atoms with Crippen LogP contribution in [0.4, 0.5) is 0 Å². The van der Waals surface area contributed by atoms with Crippen LogP contribution in [-0.2, 0) is 14.4 Å². The zero-order chi connectivity index (χ0) is 17.0. The monoisotopic (exact) mass is 295 g/mol. The number of Topliss-reactive ketones (excluding diaryl/α,β-unsaturated/α-hetero) is 2. The fraction of sp³-hybridized carbons (Fsp3) is 0.833. The largest absolute Gasteiger partial charge is 0.300 e. The van der Waals surface area contributed by atoms with E-state index < -0.39 is 5.41 Å². The van der Waals surface area contributed by atoms with Crippen LogP contribution in [0, 0.1) is 28.6 Å². The van der Waals surface area contributed by atoms with Crippen LogP contribution >= 0.6 is 0 Å². The van der Waals surface area contributed by atoms with Crippen molar-refractivity contribution in [3.05, 3.63) is 0 Å². The Balaban J connectivity index is 4.71. The van der Waals surface area contributed by atoms with Gasteiger partial charge in [-0.15, -0.1) is 0 Å². The first kappa shape index (κ1) is 20.0. The molecule has 1 radical (unpaired) electrons. The van der Waals surface area contributed by atoms with Crippen molar-refractivity contribution in [3.8, 4) is 0 Å². The van der Waals surface area contributed by atoms with E-state index in [9.17, 15) is 14.4 Å². The van der Waals surface area contributed by atoms with Crippen molar-refractivity contribution < 1.29 is 14.4 Å². The summed E-state index contributed by atoms with van der Waals surface area (Å²) >= 11 is 0. The molecule has 0 saturated heterocycles. The summed E-state index contributed by atoms with van der Waals surface area (Å²) in [6.45, 7) is 15.1. The smallest absolute Gasteiger partial charge is 0.205 e. The summed E-state index contributed by atoms with van der Waals surface area (Å²) in [5.41, 5.74) is -0.799. The van der Waals surface area contributed by atoms with E-state index in [1.807, 2.05) is 40.9 Å². The van der Waals surface area contributed by atoms with E-state index in [0.29, 0.717) is 12.8 Å². The molecule has 0 fully saturated rings. The first-order valence-electron chi connectivity index (χ1n) is 7.76. The fourth-order valence-corrected chi connectivity index (χ4v) is 2.32. The van der Waals surface area contributed by atoms with E-state index in [-0.39, 0.29) is 34.7 Å². The highest BCUT2D eigenvalue weighted by Crippen LogP contribution is 2.31. The molecular weight excluding hydrogens is 264 g/mol. The number of hydrogen-bond acceptors (Lipinski definition) is 3. The van der Waals surface area contributed by atoms with Crippen LogP contribution in [0.3, 0.4) is 0 Å². The van der Waals surface area contributed by atoms with Crippen LogP contribution in [0.1, 0.15) is 68.2 Å². The van der Waals surface area contributed by atoms with Gasteiger partial charge in [-0.2, -0.15) is 0 Å². The molecule has 3 unspecified atom stereocenters. The van der Waals surface area contributed by atoms with Gasteiger partial charge in [0.05, 0.1) is 0 Å². The van der Waals surface area contributed by atoms with Crippen molar-refractivity contribution in [2.24, 2.45) is 28.6 Å². The Bertz CT molecular complexity index is 388. The van der Waals surface area contributed by atoms with Gasteiger partial charge in [-0.05, 0) is 11.3 Å². The fourth-order valence-electron chi connectivity index (χ4n) is 2.32. The minimum atomic E-state index is -0.777. The van der Waals surface area contributed by atoms with E-state index in [4.69, 9.17) is 0 Å². The van der Waals surface area contributed by atoms with E-state index >= 15 is 0 Å². The van der Waals surface area contributed by atoms with Crippen molar-refractivity contribution in [3.63, 3.8) is 0 Å². The maximum atomic E-state index is 12.5. The van der Waals surface area contributed by atoms with Crippen LogP contribution in [0.15, 0.2) is 0 Å². The summed E-state index contributed by atoms with van der Waals surface area (Å²) in [6.07, 6.45) is 2.90. The summed E-state index contributed by atoms with van der Waals surface area (Å²) in [5.74, 6) is -0.373. The zero-order valence-electron chi connectivity index (χ0n) is 14.9. The van der Waals surface area contributed by atoms with E-state index in [0.717, 1.165) is 0 Å². The second-order valence-corrected chi connectivity index (χ2v) is 8.19. The van der Waals surface area contributed by atoms with Gasteiger partial charge in [0, 0.05) is 30.1 Å². The molecule has 21 heavy (non-hydrogen) atoms. The lowest BCUT2D eigenvalue weighted by Gasteiger charge is -2.29. The molecule has 121 valence electrons. The van der Waals surface area contributed by atoms with E-state index in [1.54, 1.807) is 20.8 Å². The molecule has 0 spiro atoms. The number of carbonyl (C=O) groups excluding carboxylic acids is 3. The molecule has 0 saturated carbocycles. The van der Waals surface area contributed by atoms with Crippen molar-refractivity contribution >= 4 is 17.9 Å². The Morgan fingerprint density at radius 2 is 1.48 bits per heavy atom. The molecule has 0 bridgehead atoms. The lowest BCUT2D eigenvalue weighted by molar-refractivity contribution is -0.130. The lowest BCUT2D eigenvalue weighted by atomic mass is 9.72. The molecule has 3 heteroatoms. The molecule has 0 rings (SSSR count). The quantitative estimate of drug-likeness (QED) is 0.680. The lowest BCUT2D eigenvalue weighted by Crippen LogP contribution is -2.35. The molecule has 0 aliphatic heterocycles. The molecule has 3 nitrogen and oxygen atoms in total. The third kappa shape index (κ3) is 6.54. The number of carbonyl (C=O) groups is 2. The predicted molar refractivity (Wildman–Crippen MR) is 85.7 cm³/mol. The van der Waals surface area contributed by atoms with Crippen LogP contribution in [0.25, 0.3) is 0 Å². The highest BCUT2D eigenvalue weighted by Gasteiger charge is 2.36. The second-order valence-electron chi connectivity index (χ2n) is 8.19. The maximum Gasteiger partial charge on any atom is 0.205 e. The zero-order valence-corrected chi connectivity index (χ0v) is 14.9. The SMILES string of the molecule is CC(CC(=O)CC(C)(C)C)C(C)C(=O)C(C)C(C)(C)[C]=O. The molecule has 0 aliphatic rings. The molecule has 0 aromatic heterocycles. The van der Waals surface area contributed by atoms with Crippen molar-refractivity contribution in [1.29, 1.82) is 0 Å². The van der Waals surface area contributed by atoms with Crippen LogP contribution < -0.4 is 0 Å². The maximum absolute atomic E-state index is 12.5. The molecule has 0 aromatic carbocycles. The molecule has 0 N–H and O–H groups in total. The highest BCUT2D eigenvalue weighted by molar-refractivity contribution is 5.87. The van der Waals surface area contributed by atoms with Crippen molar-refractivity contribution in [2.45, 2.75) is 68.2 Å². The summed E-state index contributed by atoms with van der Waals surface area (Å²) in [6, 6.07) is 0. The van der Waals surface area contributed by atoms with Gasteiger partial charge in [0.15, 0.2) is 0 Å². The van der Waals surface area contributed by atoms with Crippen LogP contribution in [0.2, 0.25) is 0 Å². The summed E-state index contributed by atoms with van der Waals surface area (Å²) in [7, 11) is 0. The number of ketones is 2. The third-order valence-electron chi connectivity index (χ3n) is 4.35. The minimum absolute atomic E-state index is 0.00254. The van der Waals surface area contributed by atoms with Crippen molar-refractivity contribution in [2.75, 3.05) is 0 Å². The third-order valence-corrected chi connectivity index (χ3v) is 4.35. The normalized spacial score (nSPS) is 17.0. The number of rotatable bonds is 8. The number of hydrogen-bond donors (Lipinski definition) is 0. The van der Waals surface area contributed by atoms with E-state index in [1.165, 1.54) is 0 Å². The standard InChI is InChI=1S/C18H31O3/c1-12(9-15(20)10-17(4,5)6)13(2)16(21)14(3)18(7,8)11-19/h12-14H,9-10H2,1-8H3.